The fourth-order valence-electron chi connectivity index (χ4n) is 3.71. The second-order valence-electron chi connectivity index (χ2n) is 6.38. The van der Waals surface area contributed by atoms with Gasteiger partial charge in [-0.15, -0.1) is 0 Å². The summed E-state index contributed by atoms with van der Waals surface area (Å²) < 4.78 is 0. The van der Waals surface area contributed by atoms with E-state index in [1.54, 1.807) is 0 Å². The van der Waals surface area contributed by atoms with Crippen LogP contribution in [0.25, 0.3) is 0 Å². The molecule has 2 atom stereocenters. The minimum Gasteiger partial charge on any atom is -0.340 e. The molecule has 1 aliphatic heterocycles. The molecule has 108 valence electrons. The molecule has 2 aliphatic rings. The molecular weight excluding hydrogens is 248 g/mol. The molecule has 1 heterocycles. The van der Waals surface area contributed by atoms with E-state index in [0.29, 0.717) is 12.5 Å². The zero-order chi connectivity index (χ0) is 14.2. The zero-order valence-electron chi connectivity index (χ0n) is 12.2. The van der Waals surface area contributed by atoms with E-state index in [4.69, 9.17) is 5.73 Å². The molecule has 1 amide bonds. The van der Waals surface area contributed by atoms with Crippen LogP contribution in [0.1, 0.15) is 44.1 Å². The lowest BCUT2D eigenvalue weighted by Crippen LogP contribution is -2.47. The van der Waals surface area contributed by atoms with Crippen LogP contribution in [0, 0.1) is 5.41 Å². The summed E-state index contributed by atoms with van der Waals surface area (Å²) in [7, 11) is 0. The zero-order valence-corrected chi connectivity index (χ0v) is 12.2. The van der Waals surface area contributed by atoms with Crippen molar-refractivity contribution in [3.63, 3.8) is 0 Å². The SMILES string of the molecule is CCC1(C(=O)N2C[C@@H](N)[C@H](c3ccccc3)C2)CCC1. The Kier molecular flexibility index (Phi) is 3.55. The van der Waals surface area contributed by atoms with Crippen molar-refractivity contribution in [2.24, 2.45) is 11.1 Å². The third kappa shape index (κ3) is 2.14. The van der Waals surface area contributed by atoms with Crippen molar-refractivity contribution in [2.45, 2.75) is 44.6 Å². The highest BCUT2D eigenvalue weighted by Gasteiger charge is 2.47. The lowest BCUT2D eigenvalue weighted by atomic mass is 9.66. The first-order valence-electron chi connectivity index (χ1n) is 7.76. The van der Waals surface area contributed by atoms with E-state index in [1.807, 2.05) is 23.1 Å². The molecule has 1 saturated carbocycles. The first-order chi connectivity index (χ1) is 9.66. The molecular formula is C17H24N2O. The third-order valence-electron chi connectivity index (χ3n) is 5.32. The predicted molar refractivity (Wildman–Crippen MR) is 80.3 cm³/mol. The van der Waals surface area contributed by atoms with Crippen LogP contribution in [0.4, 0.5) is 0 Å². The third-order valence-corrected chi connectivity index (χ3v) is 5.32. The molecule has 1 aromatic rings. The monoisotopic (exact) mass is 272 g/mol. The quantitative estimate of drug-likeness (QED) is 0.919. The second kappa shape index (κ2) is 5.21. The summed E-state index contributed by atoms with van der Waals surface area (Å²) in [6.07, 6.45) is 4.28. The summed E-state index contributed by atoms with van der Waals surface area (Å²) in [4.78, 5) is 14.8. The number of carbonyl (C=O) groups is 1. The molecule has 2 N–H and O–H groups in total. The van der Waals surface area contributed by atoms with Gasteiger partial charge >= 0.3 is 0 Å². The molecule has 0 aromatic heterocycles. The van der Waals surface area contributed by atoms with E-state index in [1.165, 1.54) is 12.0 Å². The number of nitrogens with two attached hydrogens (primary N) is 1. The number of nitrogens with zero attached hydrogens (tertiary/aromatic N) is 1. The second-order valence-corrected chi connectivity index (χ2v) is 6.38. The van der Waals surface area contributed by atoms with Gasteiger partial charge in [0.05, 0.1) is 0 Å². The minimum atomic E-state index is -0.0642. The van der Waals surface area contributed by atoms with E-state index >= 15 is 0 Å². The Balaban J connectivity index is 1.74. The largest absolute Gasteiger partial charge is 0.340 e. The summed E-state index contributed by atoms with van der Waals surface area (Å²) in [5.74, 6) is 0.634. The highest BCUT2D eigenvalue weighted by Crippen LogP contribution is 2.46. The minimum absolute atomic E-state index is 0.0642. The van der Waals surface area contributed by atoms with Gasteiger partial charge in [-0.05, 0) is 24.8 Å². The first kappa shape index (κ1) is 13.6. The van der Waals surface area contributed by atoms with Crippen LogP contribution < -0.4 is 5.73 Å². The number of hydrogen-bond donors (Lipinski definition) is 1. The normalized spacial score (nSPS) is 28.2. The fraction of sp³-hybridized carbons (Fsp3) is 0.588. The number of benzene rings is 1. The van der Waals surface area contributed by atoms with E-state index in [-0.39, 0.29) is 17.4 Å². The lowest BCUT2D eigenvalue weighted by Gasteiger charge is -2.42. The van der Waals surface area contributed by atoms with Crippen molar-refractivity contribution >= 4 is 5.91 Å². The standard InChI is InChI=1S/C17H24N2O/c1-2-17(9-6-10-17)16(20)19-11-14(15(18)12-19)13-7-4-3-5-8-13/h3-5,7-8,14-15H,2,6,9-12,18H2,1H3/t14-,15+/m0/s1. The molecule has 3 rings (SSSR count). The highest BCUT2D eigenvalue weighted by atomic mass is 16.2. The van der Waals surface area contributed by atoms with Gasteiger partial charge in [0.15, 0.2) is 0 Å². The van der Waals surface area contributed by atoms with Crippen molar-refractivity contribution in [2.75, 3.05) is 13.1 Å². The van der Waals surface area contributed by atoms with E-state index in [2.05, 4.69) is 19.1 Å². The number of carbonyl (C=O) groups excluding carboxylic acids is 1. The fourth-order valence-corrected chi connectivity index (χ4v) is 3.71. The molecule has 0 radical (unpaired) electrons. The van der Waals surface area contributed by atoms with Crippen LogP contribution in [0.5, 0.6) is 0 Å². The van der Waals surface area contributed by atoms with Crippen molar-refractivity contribution in [3.8, 4) is 0 Å². The lowest BCUT2D eigenvalue weighted by molar-refractivity contribution is -0.146. The van der Waals surface area contributed by atoms with Crippen LogP contribution in [-0.4, -0.2) is 29.9 Å². The average molecular weight is 272 g/mol. The smallest absolute Gasteiger partial charge is 0.228 e. The van der Waals surface area contributed by atoms with Crippen molar-refractivity contribution in [1.29, 1.82) is 0 Å². The van der Waals surface area contributed by atoms with Crippen molar-refractivity contribution in [3.05, 3.63) is 35.9 Å². The number of hydrogen-bond acceptors (Lipinski definition) is 2. The van der Waals surface area contributed by atoms with Crippen LogP contribution in [-0.2, 0) is 4.79 Å². The summed E-state index contributed by atoms with van der Waals surface area (Å²) in [6, 6.07) is 10.4. The molecule has 3 nitrogen and oxygen atoms in total. The number of rotatable bonds is 3. The maximum absolute atomic E-state index is 12.8. The molecule has 0 spiro atoms. The van der Waals surface area contributed by atoms with Crippen LogP contribution in [0.15, 0.2) is 30.3 Å². The van der Waals surface area contributed by atoms with Gasteiger partial charge in [0.25, 0.3) is 0 Å². The molecule has 1 aromatic carbocycles. The number of amides is 1. The maximum atomic E-state index is 12.8. The van der Waals surface area contributed by atoms with Gasteiger partial charge in [0.1, 0.15) is 0 Å². The van der Waals surface area contributed by atoms with Gasteiger partial charge in [-0.25, -0.2) is 0 Å². The highest BCUT2D eigenvalue weighted by molar-refractivity contribution is 5.84. The van der Waals surface area contributed by atoms with Crippen molar-refractivity contribution < 1.29 is 4.79 Å². The molecule has 2 fully saturated rings. The average Bonchev–Trinajstić information content (AvgIpc) is 2.81. The molecule has 20 heavy (non-hydrogen) atoms. The van der Waals surface area contributed by atoms with Gasteiger partial charge in [-0.1, -0.05) is 43.7 Å². The molecule has 0 bridgehead atoms. The Labute approximate surface area is 121 Å². The van der Waals surface area contributed by atoms with Gasteiger partial charge in [0.2, 0.25) is 5.91 Å². The van der Waals surface area contributed by atoms with Crippen molar-refractivity contribution in [1.82, 2.24) is 4.90 Å². The number of likely N-dealkylation sites (tertiary alicyclic amines) is 1. The van der Waals surface area contributed by atoms with Crippen LogP contribution in [0.3, 0.4) is 0 Å². The summed E-state index contributed by atoms with van der Waals surface area (Å²) in [5.41, 5.74) is 7.48. The van der Waals surface area contributed by atoms with Gasteiger partial charge in [0, 0.05) is 30.5 Å². The van der Waals surface area contributed by atoms with Crippen LogP contribution >= 0.6 is 0 Å². The maximum Gasteiger partial charge on any atom is 0.228 e. The topological polar surface area (TPSA) is 46.3 Å². The molecule has 1 aliphatic carbocycles. The Morgan fingerprint density at radius 3 is 2.55 bits per heavy atom. The predicted octanol–water partition coefficient (Wildman–Crippen LogP) is 2.52. The Bertz CT molecular complexity index is 476. The van der Waals surface area contributed by atoms with E-state index in [9.17, 15) is 4.79 Å². The molecule has 3 heteroatoms. The Morgan fingerprint density at radius 2 is 2.00 bits per heavy atom. The van der Waals surface area contributed by atoms with Gasteiger partial charge in [-0.3, -0.25) is 4.79 Å². The van der Waals surface area contributed by atoms with Gasteiger partial charge in [-0.2, -0.15) is 0 Å². The molecule has 1 saturated heterocycles. The van der Waals surface area contributed by atoms with E-state index < -0.39 is 0 Å². The van der Waals surface area contributed by atoms with E-state index in [0.717, 1.165) is 25.8 Å². The summed E-state index contributed by atoms with van der Waals surface area (Å²) >= 11 is 0. The molecule has 0 unspecified atom stereocenters. The summed E-state index contributed by atoms with van der Waals surface area (Å²) in [5, 5.41) is 0. The van der Waals surface area contributed by atoms with Gasteiger partial charge < -0.3 is 10.6 Å². The van der Waals surface area contributed by atoms with Crippen LogP contribution in [0.2, 0.25) is 0 Å². The first-order valence-corrected chi connectivity index (χ1v) is 7.76. The summed E-state index contributed by atoms with van der Waals surface area (Å²) in [6.45, 7) is 3.63. The Morgan fingerprint density at radius 1 is 1.30 bits per heavy atom. The Hall–Kier alpha value is -1.35.